The Morgan fingerprint density at radius 1 is 1.36 bits per heavy atom. The number of fused-ring (bicyclic) bond motifs is 1. The summed E-state index contributed by atoms with van der Waals surface area (Å²) in [6, 6.07) is 7.65. The summed E-state index contributed by atoms with van der Waals surface area (Å²) >= 11 is 0. The van der Waals surface area contributed by atoms with Crippen LogP contribution >= 0.6 is 0 Å². The predicted octanol–water partition coefficient (Wildman–Crippen LogP) is 2.12. The minimum Gasteiger partial charge on any atom is -0.494 e. The average molecular weight is 184 g/mol. The lowest BCUT2D eigenvalue weighted by atomic mass is 10.1. The van der Waals surface area contributed by atoms with Gasteiger partial charge >= 0.3 is 0 Å². The Bertz CT molecular complexity index is 509. The van der Waals surface area contributed by atoms with E-state index >= 15 is 0 Å². The molecule has 0 saturated carbocycles. The fraction of sp³-hybridized carbons (Fsp3) is 0.0909. The van der Waals surface area contributed by atoms with Crippen molar-refractivity contribution in [2.45, 2.75) is 0 Å². The number of ether oxygens (including phenoxy) is 1. The van der Waals surface area contributed by atoms with Crippen molar-refractivity contribution in [3.63, 3.8) is 0 Å². The summed E-state index contributed by atoms with van der Waals surface area (Å²) in [5.74, 6) is 0.639. The van der Waals surface area contributed by atoms with E-state index in [4.69, 9.17) is 10.00 Å². The van der Waals surface area contributed by atoms with Gasteiger partial charge in [0.1, 0.15) is 5.75 Å². The summed E-state index contributed by atoms with van der Waals surface area (Å²) in [7, 11) is 1.57. The summed E-state index contributed by atoms with van der Waals surface area (Å²) in [6.45, 7) is 0. The van der Waals surface area contributed by atoms with Crippen LogP contribution in [0.15, 0.2) is 30.6 Å². The highest BCUT2D eigenvalue weighted by atomic mass is 16.5. The molecule has 0 aliphatic rings. The lowest BCUT2D eigenvalue weighted by molar-refractivity contribution is 0.418. The molecule has 0 unspecified atom stereocenters. The number of hydrogen-bond acceptors (Lipinski definition) is 3. The molecule has 1 heterocycles. The van der Waals surface area contributed by atoms with Crippen LogP contribution in [-0.4, -0.2) is 12.1 Å². The normalized spacial score (nSPS) is 9.71. The SMILES string of the molecule is COc1cncc2cccc(C#N)c12. The second-order valence-corrected chi connectivity index (χ2v) is 2.86. The summed E-state index contributed by atoms with van der Waals surface area (Å²) in [4.78, 5) is 4.02. The van der Waals surface area contributed by atoms with Crippen LogP contribution in [0.25, 0.3) is 10.8 Å². The minimum absolute atomic E-state index is 0.613. The average Bonchev–Trinajstić information content (AvgIpc) is 2.27. The molecular weight excluding hydrogens is 176 g/mol. The first-order valence-electron chi connectivity index (χ1n) is 4.17. The third kappa shape index (κ3) is 1.17. The van der Waals surface area contributed by atoms with Gasteiger partial charge in [-0.05, 0) is 6.07 Å². The first kappa shape index (κ1) is 8.52. The van der Waals surface area contributed by atoms with Gasteiger partial charge in [-0.3, -0.25) is 4.98 Å². The zero-order valence-electron chi connectivity index (χ0n) is 7.69. The molecule has 0 bridgehead atoms. The van der Waals surface area contributed by atoms with Gasteiger partial charge in [0, 0.05) is 17.0 Å². The molecule has 3 nitrogen and oxygen atoms in total. The maximum absolute atomic E-state index is 8.93. The summed E-state index contributed by atoms with van der Waals surface area (Å²) in [5.41, 5.74) is 0.613. The zero-order chi connectivity index (χ0) is 9.97. The number of nitriles is 1. The monoisotopic (exact) mass is 184 g/mol. The van der Waals surface area contributed by atoms with Crippen molar-refractivity contribution in [2.75, 3.05) is 7.11 Å². The van der Waals surface area contributed by atoms with Gasteiger partial charge in [0.05, 0.1) is 24.9 Å². The summed E-state index contributed by atoms with van der Waals surface area (Å²) in [6.07, 6.45) is 3.34. The molecule has 1 aromatic carbocycles. The van der Waals surface area contributed by atoms with Crippen molar-refractivity contribution in [3.05, 3.63) is 36.2 Å². The van der Waals surface area contributed by atoms with E-state index in [9.17, 15) is 0 Å². The zero-order valence-corrected chi connectivity index (χ0v) is 7.69. The van der Waals surface area contributed by atoms with Crippen LogP contribution in [0.1, 0.15) is 5.56 Å². The molecule has 0 atom stereocenters. The molecule has 0 N–H and O–H groups in total. The molecule has 2 aromatic rings. The maximum Gasteiger partial charge on any atom is 0.146 e. The lowest BCUT2D eigenvalue weighted by Crippen LogP contribution is -1.89. The standard InChI is InChI=1S/C11H8N2O/c1-14-10-7-13-6-9-4-2-3-8(5-12)11(9)10/h2-4,6-7H,1H3. The van der Waals surface area contributed by atoms with Crippen molar-refractivity contribution in [2.24, 2.45) is 0 Å². The van der Waals surface area contributed by atoms with E-state index in [2.05, 4.69) is 11.1 Å². The Hall–Kier alpha value is -2.08. The van der Waals surface area contributed by atoms with Gasteiger partial charge in [-0.1, -0.05) is 12.1 Å². The Morgan fingerprint density at radius 3 is 2.93 bits per heavy atom. The third-order valence-corrected chi connectivity index (χ3v) is 2.09. The Balaban J connectivity index is 2.90. The van der Waals surface area contributed by atoms with E-state index < -0.39 is 0 Å². The molecule has 68 valence electrons. The van der Waals surface area contributed by atoms with Gasteiger partial charge in [0.2, 0.25) is 0 Å². The molecule has 0 radical (unpaired) electrons. The second-order valence-electron chi connectivity index (χ2n) is 2.86. The highest BCUT2D eigenvalue weighted by Gasteiger charge is 2.05. The van der Waals surface area contributed by atoms with Crippen molar-refractivity contribution in [1.29, 1.82) is 5.26 Å². The first-order valence-corrected chi connectivity index (χ1v) is 4.17. The molecule has 3 heteroatoms. The number of nitrogens with zero attached hydrogens (tertiary/aromatic N) is 2. The van der Waals surface area contributed by atoms with Crippen molar-refractivity contribution < 1.29 is 4.74 Å². The minimum atomic E-state index is 0.613. The molecule has 0 fully saturated rings. The molecule has 0 spiro atoms. The summed E-state index contributed by atoms with van der Waals surface area (Å²) < 4.78 is 5.16. The number of methoxy groups -OCH3 is 1. The lowest BCUT2D eigenvalue weighted by Gasteiger charge is -2.05. The maximum atomic E-state index is 8.93. The topological polar surface area (TPSA) is 45.9 Å². The Labute approximate surface area is 81.6 Å². The van der Waals surface area contributed by atoms with E-state index in [-0.39, 0.29) is 0 Å². The van der Waals surface area contributed by atoms with Crippen LogP contribution in [0.4, 0.5) is 0 Å². The number of hydrogen-bond donors (Lipinski definition) is 0. The number of pyridine rings is 1. The van der Waals surface area contributed by atoms with Crippen LogP contribution in [-0.2, 0) is 0 Å². The fourth-order valence-corrected chi connectivity index (χ4v) is 1.45. The van der Waals surface area contributed by atoms with Gasteiger partial charge in [0.25, 0.3) is 0 Å². The third-order valence-electron chi connectivity index (χ3n) is 2.09. The first-order chi connectivity index (χ1) is 6.86. The van der Waals surface area contributed by atoms with E-state index in [0.717, 1.165) is 10.8 Å². The highest BCUT2D eigenvalue weighted by Crippen LogP contribution is 2.26. The van der Waals surface area contributed by atoms with Crippen LogP contribution in [0.5, 0.6) is 5.75 Å². The molecule has 1 aromatic heterocycles. The van der Waals surface area contributed by atoms with Crippen LogP contribution in [0.3, 0.4) is 0 Å². The Kier molecular flexibility index (Phi) is 2.04. The summed E-state index contributed by atoms with van der Waals surface area (Å²) in [5, 5.41) is 10.7. The fourth-order valence-electron chi connectivity index (χ4n) is 1.45. The molecular formula is C11H8N2O. The Morgan fingerprint density at radius 2 is 2.21 bits per heavy atom. The molecule has 14 heavy (non-hydrogen) atoms. The smallest absolute Gasteiger partial charge is 0.146 e. The molecule has 0 saturated heterocycles. The molecule has 0 amide bonds. The van der Waals surface area contributed by atoms with Gasteiger partial charge < -0.3 is 4.74 Å². The predicted molar refractivity (Wildman–Crippen MR) is 53.0 cm³/mol. The van der Waals surface area contributed by atoms with E-state index in [1.54, 1.807) is 25.6 Å². The van der Waals surface area contributed by atoms with Crippen LogP contribution in [0.2, 0.25) is 0 Å². The number of benzene rings is 1. The van der Waals surface area contributed by atoms with Crippen molar-refractivity contribution in [3.8, 4) is 11.8 Å². The van der Waals surface area contributed by atoms with Gasteiger partial charge in [-0.15, -0.1) is 0 Å². The van der Waals surface area contributed by atoms with Gasteiger partial charge in [0.15, 0.2) is 0 Å². The van der Waals surface area contributed by atoms with Crippen LogP contribution < -0.4 is 4.74 Å². The molecule has 0 aliphatic heterocycles. The van der Waals surface area contributed by atoms with E-state index in [0.29, 0.717) is 11.3 Å². The number of aromatic nitrogens is 1. The van der Waals surface area contributed by atoms with Crippen molar-refractivity contribution >= 4 is 10.8 Å². The van der Waals surface area contributed by atoms with Crippen molar-refractivity contribution in [1.82, 2.24) is 4.98 Å². The highest BCUT2D eigenvalue weighted by molar-refractivity contribution is 5.92. The molecule has 0 aliphatic carbocycles. The second kappa shape index (κ2) is 3.35. The largest absolute Gasteiger partial charge is 0.494 e. The molecule has 2 rings (SSSR count). The van der Waals surface area contributed by atoms with Gasteiger partial charge in [-0.25, -0.2) is 0 Å². The van der Waals surface area contributed by atoms with E-state index in [1.807, 2.05) is 12.1 Å². The number of rotatable bonds is 1. The van der Waals surface area contributed by atoms with E-state index in [1.165, 1.54) is 0 Å². The van der Waals surface area contributed by atoms with Crippen LogP contribution in [0, 0.1) is 11.3 Å². The van der Waals surface area contributed by atoms with Gasteiger partial charge in [-0.2, -0.15) is 5.26 Å². The quantitative estimate of drug-likeness (QED) is 0.681.